The summed E-state index contributed by atoms with van der Waals surface area (Å²) < 4.78 is 4.63. The van der Waals surface area contributed by atoms with Gasteiger partial charge >= 0.3 is 5.97 Å². The lowest BCUT2D eigenvalue weighted by Crippen LogP contribution is -2.28. The Balaban J connectivity index is 2.06. The Morgan fingerprint density at radius 2 is 2.12 bits per heavy atom. The Labute approximate surface area is 153 Å². The lowest BCUT2D eigenvalue weighted by molar-refractivity contribution is -0.122. The Hall–Kier alpha value is -2.88. The number of carbonyl (C=O) groups is 3. The molecule has 26 heavy (non-hydrogen) atoms. The molecule has 9 nitrogen and oxygen atoms in total. The second kappa shape index (κ2) is 8.48. The van der Waals surface area contributed by atoms with Gasteiger partial charge in [-0.2, -0.15) is 5.10 Å². The lowest BCUT2D eigenvalue weighted by Gasteiger charge is -2.11. The minimum atomic E-state index is -0.702. The standard InChI is InChI=1S/C16H18N4O5S/c1-8(2)19-20-16-18-14(23)12(26-16)7-13(22)17-11-5-4-9(21)6-10(11)15(24)25-3/h4-6,12,21H,7H2,1-3H3,(H,17,22)(H,18,20,23). The number of anilines is 1. The van der Waals surface area contributed by atoms with Crippen LogP contribution in [0.4, 0.5) is 5.69 Å². The maximum absolute atomic E-state index is 12.2. The highest BCUT2D eigenvalue weighted by Gasteiger charge is 2.32. The van der Waals surface area contributed by atoms with Crippen LogP contribution in [-0.2, 0) is 14.3 Å². The number of hydrogen-bond acceptors (Lipinski definition) is 8. The third-order valence-corrected chi connectivity index (χ3v) is 4.24. The van der Waals surface area contributed by atoms with Gasteiger partial charge in [0.15, 0.2) is 5.17 Å². The van der Waals surface area contributed by atoms with E-state index < -0.39 is 17.1 Å². The van der Waals surface area contributed by atoms with E-state index >= 15 is 0 Å². The van der Waals surface area contributed by atoms with E-state index in [1.54, 1.807) is 13.8 Å². The van der Waals surface area contributed by atoms with Gasteiger partial charge in [-0.3, -0.25) is 9.59 Å². The zero-order valence-corrected chi connectivity index (χ0v) is 15.2. The number of benzene rings is 1. The van der Waals surface area contributed by atoms with Gasteiger partial charge in [-0.1, -0.05) is 11.8 Å². The van der Waals surface area contributed by atoms with Crippen LogP contribution in [0.2, 0.25) is 0 Å². The molecular weight excluding hydrogens is 360 g/mol. The summed E-state index contributed by atoms with van der Waals surface area (Å²) in [6, 6.07) is 3.90. The smallest absolute Gasteiger partial charge is 0.340 e. The number of methoxy groups -OCH3 is 1. The summed E-state index contributed by atoms with van der Waals surface area (Å²) in [6.45, 7) is 3.54. The van der Waals surface area contributed by atoms with Crippen molar-refractivity contribution in [1.82, 2.24) is 5.32 Å². The fourth-order valence-corrected chi connectivity index (χ4v) is 2.94. The molecule has 2 amide bonds. The molecule has 3 N–H and O–H groups in total. The summed E-state index contributed by atoms with van der Waals surface area (Å²) in [7, 11) is 1.19. The van der Waals surface area contributed by atoms with Gasteiger partial charge in [0.1, 0.15) is 11.0 Å². The number of amidine groups is 1. The molecule has 0 aromatic heterocycles. The SMILES string of the molecule is COC(=O)c1cc(O)ccc1NC(=O)CC1SC(=NN=C(C)C)NC1=O. The number of thioether (sulfide) groups is 1. The van der Waals surface area contributed by atoms with Crippen molar-refractivity contribution in [2.75, 3.05) is 12.4 Å². The fraction of sp³-hybridized carbons (Fsp3) is 0.312. The van der Waals surface area contributed by atoms with Crippen LogP contribution in [0.25, 0.3) is 0 Å². The number of phenolic OH excluding ortho intramolecular Hbond substituents is 1. The first-order chi connectivity index (χ1) is 12.3. The molecule has 0 bridgehead atoms. The molecule has 0 saturated carbocycles. The van der Waals surface area contributed by atoms with Crippen molar-refractivity contribution >= 4 is 46.1 Å². The number of carbonyl (C=O) groups excluding carboxylic acids is 3. The van der Waals surface area contributed by atoms with Crippen LogP contribution in [0.15, 0.2) is 28.4 Å². The predicted octanol–water partition coefficient (Wildman–Crippen LogP) is 1.49. The highest BCUT2D eigenvalue weighted by atomic mass is 32.2. The van der Waals surface area contributed by atoms with E-state index in [9.17, 15) is 19.5 Å². The molecule has 0 radical (unpaired) electrons. The van der Waals surface area contributed by atoms with E-state index in [0.717, 1.165) is 17.5 Å². The van der Waals surface area contributed by atoms with Crippen molar-refractivity contribution in [2.45, 2.75) is 25.5 Å². The van der Waals surface area contributed by atoms with Gasteiger partial charge in [0, 0.05) is 12.1 Å². The summed E-state index contributed by atoms with van der Waals surface area (Å²) in [5, 5.41) is 22.0. The molecule has 138 valence electrons. The molecule has 1 aromatic rings. The van der Waals surface area contributed by atoms with Gasteiger partial charge in [0.2, 0.25) is 11.8 Å². The lowest BCUT2D eigenvalue weighted by atomic mass is 10.1. The monoisotopic (exact) mass is 378 g/mol. The molecule has 1 unspecified atom stereocenters. The van der Waals surface area contributed by atoms with Crippen molar-refractivity contribution < 1.29 is 24.2 Å². The number of nitrogens with zero attached hydrogens (tertiary/aromatic N) is 2. The number of esters is 1. The molecule has 1 aliphatic heterocycles. The largest absolute Gasteiger partial charge is 0.508 e. The van der Waals surface area contributed by atoms with Crippen molar-refractivity contribution in [1.29, 1.82) is 0 Å². The molecule has 0 spiro atoms. The van der Waals surface area contributed by atoms with Gasteiger partial charge in [-0.05, 0) is 32.0 Å². The normalized spacial score (nSPS) is 17.6. The van der Waals surface area contributed by atoms with E-state index in [2.05, 4.69) is 25.6 Å². The Bertz CT molecular complexity index is 802. The highest BCUT2D eigenvalue weighted by Crippen LogP contribution is 2.25. The third-order valence-electron chi connectivity index (χ3n) is 3.17. The maximum Gasteiger partial charge on any atom is 0.340 e. The van der Waals surface area contributed by atoms with Crippen LogP contribution < -0.4 is 10.6 Å². The molecular formula is C16H18N4O5S. The number of rotatable bonds is 5. The van der Waals surface area contributed by atoms with E-state index in [4.69, 9.17) is 0 Å². The molecule has 1 heterocycles. The van der Waals surface area contributed by atoms with Crippen molar-refractivity contribution in [2.24, 2.45) is 10.2 Å². The zero-order valence-electron chi connectivity index (χ0n) is 14.4. The quantitative estimate of drug-likeness (QED) is 0.308. The molecule has 1 aromatic carbocycles. The maximum atomic E-state index is 12.2. The number of aromatic hydroxyl groups is 1. The number of ether oxygens (including phenoxy) is 1. The molecule has 0 aliphatic carbocycles. The van der Waals surface area contributed by atoms with Gasteiger partial charge in [-0.15, -0.1) is 5.10 Å². The van der Waals surface area contributed by atoms with E-state index in [1.807, 2.05) is 0 Å². The second-order valence-corrected chi connectivity index (χ2v) is 6.71. The topological polar surface area (TPSA) is 129 Å². The first-order valence-electron chi connectivity index (χ1n) is 7.57. The number of amides is 2. The van der Waals surface area contributed by atoms with Crippen molar-refractivity contribution in [3.8, 4) is 5.75 Å². The summed E-state index contributed by atoms with van der Waals surface area (Å²) in [5.41, 5.74) is 0.929. The molecule has 2 rings (SSSR count). The summed E-state index contributed by atoms with van der Waals surface area (Å²) in [6.07, 6.45) is -0.119. The van der Waals surface area contributed by atoms with Crippen LogP contribution in [0.5, 0.6) is 5.75 Å². The fourth-order valence-electron chi connectivity index (χ4n) is 2.02. The average Bonchev–Trinajstić information content (AvgIpc) is 2.93. The number of phenols is 1. The first kappa shape index (κ1) is 19.4. The first-order valence-corrected chi connectivity index (χ1v) is 8.45. The van der Waals surface area contributed by atoms with Gasteiger partial charge < -0.3 is 20.5 Å². The number of nitrogens with one attached hydrogen (secondary N) is 2. The third kappa shape index (κ3) is 5.06. The summed E-state index contributed by atoms with van der Waals surface area (Å²) >= 11 is 1.11. The highest BCUT2D eigenvalue weighted by molar-refractivity contribution is 8.15. The Morgan fingerprint density at radius 3 is 2.77 bits per heavy atom. The summed E-state index contributed by atoms with van der Waals surface area (Å²) in [5.74, 6) is -1.65. The van der Waals surface area contributed by atoms with E-state index in [-0.39, 0.29) is 29.3 Å². The van der Waals surface area contributed by atoms with Crippen LogP contribution in [0.3, 0.4) is 0 Å². The molecule has 1 fully saturated rings. The van der Waals surface area contributed by atoms with Crippen LogP contribution >= 0.6 is 11.8 Å². The Morgan fingerprint density at radius 1 is 1.38 bits per heavy atom. The van der Waals surface area contributed by atoms with Crippen molar-refractivity contribution in [3.63, 3.8) is 0 Å². The van der Waals surface area contributed by atoms with Gasteiger partial charge in [-0.25, -0.2) is 4.79 Å². The van der Waals surface area contributed by atoms with Gasteiger partial charge in [0.25, 0.3) is 0 Å². The zero-order chi connectivity index (χ0) is 19.3. The number of hydrogen-bond donors (Lipinski definition) is 3. The summed E-state index contributed by atoms with van der Waals surface area (Å²) in [4.78, 5) is 35.9. The Kier molecular flexibility index (Phi) is 6.34. The molecule has 10 heteroatoms. The average molecular weight is 378 g/mol. The second-order valence-electron chi connectivity index (χ2n) is 5.52. The van der Waals surface area contributed by atoms with Crippen LogP contribution in [-0.4, -0.2) is 46.1 Å². The minimum absolute atomic E-state index is 0.0133. The van der Waals surface area contributed by atoms with Crippen LogP contribution in [0, 0.1) is 0 Å². The van der Waals surface area contributed by atoms with E-state index in [0.29, 0.717) is 5.17 Å². The molecule has 1 atom stereocenters. The predicted molar refractivity (Wildman–Crippen MR) is 98.4 cm³/mol. The minimum Gasteiger partial charge on any atom is -0.508 e. The van der Waals surface area contributed by atoms with Crippen molar-refractivity contribution in [3.05, 3.63) is 23.8 Å². The molecule has 1 saturated heterocycles. The van der Waals surface area contributed by atoms with Crippen LogP contribution in [0.1, 0.15) is 30.6 Å². The van der Waals surface area contributed by atoms with E-state index in [1.165, 1.54) is 25.3 Å². The van der Waals surface area contributed by atoms with Gasteiger partial charge in [0.05, 0.1) is 18.4 Å². The molecule has 1 aliphatic rings.